The number of carbonyl (C=O) groups is 12. The number of nitrogens with zero attached hydrogens (tertiary/aromatic N) is 2. The number of pyridine rings is 1. The number of nitrogens with two attached hydrogens (primary N) is 4. The Bertz CT molecular complexity index is 4140. The first-order valence-corrected chi connectivity index (χ1v) is 37.0. The predicted octanol–water partition coefficient (Wildman–Crippen LogP) is 1.62. The Kier molecular flexibility index (Phi) is 33.5. The van der Waals surface area contributed by atoms with E-state index in [9.17, 15) is 58.2 Å². The number of aromatic nitrogens is 1. The predicted molar refractivity (Wildman–Crippen MR) is 415 cm³/mol. The second kappa shape index (κ2) is 42.7. The molecule has 110 heavy (non-hydrogen) atoms. The standard InChI is InChI=1S/C78H102ClN17O14/c1-44(2)34-60(69(100)89-59(15-8-9-32-85-45(3)4)76(107)96-33-11-16-66(96)75(106)86-46(5)77(108)109)91-71(102)62(38-49-22-29-56(30-23-49)88-78(83)110)92-72(103)63(39-48-20-27-55(28-21-48)87-68(99)58(82)41-80)94-74(105)65(43-97)95-73(104)64(40-51-12-10-31-84-42-51)93-70(101)61(37-47-18-25-54(79)26-19-47)90-67(98)57(81)36-50-17-24-52-13-6-7-14-53(52)35-50/h6-7,10,12-14,17-31,35,42,44-46,57-66,85,97H,8-9,11,15-16,32-34,36-41,43,80-82H2,1-5H3,(H,86,106)(H,87,99)(H,89,100)(H,90,98)(H,91,102)(H,92,103)(H,93,101)(H,94,105)(H,95,104)(H,108,109)(H3,83,88,110)/t46-,57-,58?,59+,60+,61-,62-,63+,64-,65+,66+/m1/s1. The number of unbranched alkanes of at least 4 members (excludes halogenated alkanes) is 1. The van der Waals surface area contributed by atoms with Crippen LogP contribution in [0.25, 0.3) is 10.8 Å². The molecule has 1 aliphatic rings. The summed E-state index contributed by atoms with van der Waals surface area (Å²) in [6.07, 6.45) is 3.76. The fourth-order valence-corrected chi connectivity index (χ4v) is 12.5. The maximum Gasteiger partial charge on any atom is 0.325 e. The fraction of sp³-hybridized carbons (Fsp3) is 0.423. The molecule has 0 radical (unpaired) electrons. The summed E-state index contributed by atoms with van der Waals surface area (Å²) in [6, 6.07) is 19.3. The van der Waals surface area contributed by atoms with Crippen LogP contribution in [0.2, 0.25) is 5.02 Å². The van der Waals surface area contributed by atoms with Gasteiger partial charge in [0.05, 0.1) is 18.7 Å². The molecule has 32 heteroatoms. The van der Waals surface area contributed by atoms with Crippen LogP contribution >= 0.6 is 11.6 Å². The number of aliphatic hydroxyl groups excluding tert-OH is 1. The van der Waals surface area contributed by atoms with Crippen molar-refractivity contribution in [1.29, 1.82) is 0 Å². The minimum atomic E-state index is -1.86. The smallest absolute Gasteiger partial charge is 0.325 e. The zero-order valence-electron chi connectivity index (χ0n) is 62.3. The third kappa shape index (κ3) is 27.3. The van der Waals surface area contributed by atoms with Crippen molar-refractivity contribution < 1.29 is 67.7 Å². The van der Waals surface area contributed by atoms with Gasteiger partial charge >= 0.3 is 12.0 Å². The zero-order chi connectivity index (χ0) is 80.1. The molecule has 1 saturated heterocycles. The van der Waals surface area contributed by atoms with Gasteiger partial charge in [0.15, 0.2) is 0 Å². The monoisotopic (exact) mass is 1540 g/mol. The average Bonchev–Trinajstić information content (AvgIpc) is 1.29. The number of halogens is 1. The second-order valence-corrected chi connectivity index (χ2v) is 28.6. The van der Waals surface area contributed by atoms with Crippen LogP contribution in [0.1, 0.15) is 101 Å². The maximum atomic E-state index is 15.3. The number of carboxylic acid groups (broad SMARTS) is 1. The van der Waals surface area contributed by atoms with E-state index in [0.717, 1.165) is 16.3 Å². The number of carboxylic acids is 1. The first-order chi connectivity index (χ1) is 52.5. The summed E-state index contributed by atoms with van der Waals surface area (Å²) >= 11 is 6.24. The summed E-state index contributed by atoms with van der Waals surface area (Å²) in [5, 5.41) is 52.8. The van der Waals surface area contributed by atoms with Crippen LogP contribution in [0.15, 0.2) is 140 Å². The van der Waals surface area contributed by atoms with E-state index in [4.69, 9.17) is 34.5 Å². The Morgan fingerprint density at radius 2 is 1.02 bits per heavy atom. The van der Waals surface area contributed by atoms with E-state index in [1.807, 2.05) is 56.3 Å². The van der Waals surface area contributed by atoms with Gasteiger partial charge in [0.1, 0.15) is 54.4 Å². The highest BCUT2D eigenvalue weighted by Gasteiger charge is 2.40. The normalized spacial score (nSPS) is 15.4. The molecular formula is C78H102ClN17O14. The fourth-order valence-electron chi connectivity index (χ4n) is 12.4. The van der Waals surface area contributed by atoms with Gasteiger partial charge in [-0.15, -0.1) is 0 Å². The molecule has 1 aliphatic heterocycles. The van der Waals surface area contributed by atoms with E-state index in [1.165, 1.54) is 72.7 Å². The Morgan fingerprint density at radius 3 is 1.54 bits per heavy atom. The van der Waals surface area contributed by atoms with Gasteiger partial charge in [-0.2, -0.15) is 0 Å². The van der Waals surface area contributed by atoms with Crippen molar-refractivity contribution in [2.24, 2.45) is 28.9 Å². The van der Waals surface area contributed by atoms with E-state index in [0.29, 0.717) is 53.1 Å². The van der Waals surface area contributed by atoms with Crippen molar-refractivity contribution in [3.05, 3.63) is 173 Å². The zero-order valence-corrected chi connectivity index (χ0v) is 63.0. The molecule has 590 valence electrons. The Hall–Kier alpha value is -11.0. The summed E-state index contributed by atoms with van der Waals surface area (Å²) in [5.74, 6) is -9.84. The van der Waals surface area contributed by atoms with Gasteiger partial charge in [0, 0.05) is 73.6 Å². The van der Waals surface area contributed by atoms with Crippen molar-refractivity contribution in [3.63, 3.8) is 0 Å². The summed E-state index contributed by atoms with van der Waals surface area (Å²) in [7, 11) is 0. The van der Waals surface area contributed by atoms with Crippen LogP contribution in [0.3, 0.4) is 0 Å². The average molecular weight is 1540 g/mol. The van der Waals surface area contributed by atoms with Gasteiger partial charge in [-0.05, 0) is 145 Å². The Balaban J connectivity index is 1.18. The van der Waals surface area contributed by atoms with Gasteiger partial charge in [-0.3, -0.25) is 57.7 Å². The Labute approximate surface area is 643 Å². The number of aliphatic carboxylic acids is 1. The van der Waals surface area contributed by atoms with Crippen LogP contribution in [0.4, 0.5) is 16.2 Å². The number of urea groups is 1. The number of carbonyl (C=O) groups excluding carboxylic acids is 11. The van der Waals surface area contributed by atoms with Gasteiger partial charge in [0.25, 0.3) is 0 Å². The molecule has 2 heterocycles. The highest BCUT2D eigenvalue weighted by molar-refractivity contribution is 6.30. The highest BCUT2D eigenvalue weighted by Crippen LogP contribution is 2.23. The lowest BCUT2D eigenvalue weighted by Gasteiger charge is -2.31. The van der Waals surface area contributed by atoms with Crippen LogP contribution in [0.5, 0.6) is 0 Å². The molecule has 6 aromatic rings. The summed E-state index contributed by atoms with van der Waals surface area (Å²) in [4.78, 5) is 174. The lowest BCUT2D eigenvalue weighted by Crippen LogP contribution is -2.61. The van der Waals surface area contributed by atoms with E-state index in [-0.39, 0.29) is 87.8 Å². The van der Waals surface area contributed by atoms with E-state index >= 15 is 9.59 Å². The van der Waals surface area contributed by atoms with Crippen molar-refractivity contribution in [2.45, 2.75) is 178 Å². The second-order valence-electron chi connectivity index (χ2n) is 28.1. The first-order valence-electron chi connectivity index (χ1n) is 36.7. The van der Waals surface area contributed by atoms with Crippen LogP contribution < -0.4 is 81.4 Å². The van der Waals surface area contributed by atoms with Crippen LogP contribution in [0, 0.1) is 5.92 Å². The lowest BCUT2D eigenvalue weighted by molar-refractivity contribution is -0.144. The number of hydrogen-bond acceptors (Lipinski definition) is 18. The number of amides is 12. The van der Waals surface area contributed by atoms with Crippen molar-refractivity contribution in [3.8, 4) is 0 Å². The number of likely N-dealkylation sites (tertiary alicyclic amines) is 1. The third-order valence-electron chi connectivity index (χ3n) is 18.4. The SMILES string of the molecule is CC(C)C[C@H](NC(=O)[C@@H](Cc1ccc(NC(N)=O)cc1)NC(=O)[C@H](Cc1ccc(NC(=O)C(N)CN)cc1)NC(=O)[C@H](CO)NC(=O)[C@@H](Cc1cccnc1)NC(=O)[C@@H](Cc1ccc(Cl)cc1)NC(=O)[C@H](N)Cc1ccc2ccccc2c1)C(=O)N[C@@H](CCCCNC(C)C)C(=O)N1CCC[C@H]1C(=O)N[C@H](C)C(=O)O. The third-order valence-corrected chi connectivity index (χ3v) is 18.6. The van der Waals surface area contributed by atoms with Crippen LogP contribution in [-0.4, -0.2) is 190 Å². The maximum absolute atomic E-state index is 15.3. The molecule has 0 spiro atoms. The number of nitrogens with one attached hydrogen (secondary N) is 11. The largest absolute Gasteiger partial charge is 0.480 e. The van der Waals surface area contributed by atoms with E-state index in [2.05, 4.69) is 63.5 Å². The van der Waals surface area contributed by atoms with Crippen molar-refractivity contribution >= 4 is 105 Å². The molecular weight excluding hydrogens is 1430 g/mol. The molecule has 11 atom stereocenters. The first kappa shape index (κ1) is 86.3. The Morgan fingerprint density at radius 1 is 0.527 bits per heavy atom. The molecule has 1 unspecified atom stereocenters. The number of benzene rings is 5. The quantitative estimate of drug-likeness (QED) is 0.0243. The summed E-state index contributed by atoms with van der Waals surface area (Å²) in [5.41, 5.74) is 26.5. The molecule has 0 saturated carbocycles. The molecule has 31 nitrogen and oxygen atoms in total. The highest BCUT2D eigenvalue weighted by atomic mass is 35.5. The molecule has 0 aliphatic carbocycles. The van der Waals surface area contributed by atoms with Gasteiger partial charge < -0.3 is 96.5 Å². The number of anilines is 2. The summed E-state index contributed by atoms with van der Waals surface area (Å²) < 4.78 is 0. The molecule has 7 rings (SSSR count). The molecule has 12 amide bonds. The van der Waals surface area contributed by atoms with Gasteiger partial charge in [-0.25, -0.2) is 4.79 Å². The molecule has 21 N–H and O–H groups in total. The minimum absolute atomic E-state index is 0.0102. The summed E-state index contributed by atoms with van der Waals surface area (Å²) in [6.45, 7) is 8.29. The molecule has 0 bridgehead atoms. The number of fused-ring (bicyclic) bond motifs is 1. The number of primary amides is 1. The number of hydrogen-bond donors (Lipinski definition) is 17. The minimum Gasteiger partial charge on any atom is -0.480 e. The van der Waals surface area contributed by atoms with Crippen LogP contribution in [-0.2, 0) is 84.8 Å². The van der Waals surface area contributed by atoms with Crippen molar-refractivity contribution in [1.82, 2.24) is 57.7 Å². The lowest BCUT2D eigenvalue weighted by atomic mass is 9.99. The van der Waals surface area contributed by atoms with Gasteiger partial charge in [0.2, 0.25) is 59.1 Å². The van der Waals surface area contributed by atoms with E-state index in [1.54, 1.807) is 50.2 Å². The molecule has 1 aromatic heterocycles. The topological polar surface area (TPSA) is 498 Å². The number of aliphatic hydroxyl groups is 1. The van der Waals surface area contributed by atoms with Gasteiger partial charge in [-0.1, -0.05) is 124 Å². The van der Waals surface area contributed by atoms with E-state index < -0.39 is 144 Å². The number of rotatable bonds is 41. The molecule has 5 aromatic carbocycles. The molecule has 1 fully saturated rings. The van der Waals surface area contributed by atoms with Crippen molar-refractivity contribution in [2.75, 3.05) is 36.9 Å².